The zero-order valence-corrected chi connectivity index (χ0v) is 10.8. The molecule has 1 amide bonds. The maximum absolute atomic E-state index is 11.6. The van der Waals surface area contributed by atoms with Crippen LogP contribution < -0.4 is 0 Å². The van der Waals surface area contributed by atoms with Crippen LogP contribution in [0.5, 0.6) is 0 Å². The Hall–Kier alpha value is -2.11. The predicted molar refractivity (Wildman–Crippen MR) is 66.0 cm³/mol. The summed E-state index contributed by atoms with van der Waals surface area (Å²) in [4.78, 5) is 24.4. The maximum atomic E-state index is 11.6. The molecule has 0 saturated heterocycles. The van der Waals surface area contributed by atoms with E-state index in [1.165, 1.54) is 9.58 Å². The minimum absolute atomic E-state index is 0.185. The molecule has 0 N–H and O–H groups in total. The highest BCUT2D eigenvalue weighted by Crippen LogP contribution is 2.03. The number of carbonyl (C=O) groups excluding carboxylic acids is 2. The van der Waals surface area contributed by atoms with E-state index >= 15 is 0 Å². The number of hydrogen-bond acceptors (Lipinski definition) is 4. The van der Waals surface area contributed by atoms with Gasteiger partial charge in [-0.2, -0.15) is 5.10 Å². The van der Waals surface area contributed by atoms with Gasteiger partial charge >= 0.3 is 5.97 Å². The smallest absolute Gasteiger partial charge is 0.335 e. The Kier molecular flexibility index (Phi) is 4.65. The van der Waals surface area contributed by atoms with Crippen molar-refractivity contribution in [1.29, 1.82) is 0 Å². The van der Waals surface area contributed by atoms with Crippen LogP contribution in [0.25, 0.3) is 0 Å². The Bertz CT molecular complexity index is 463. The molecule has 0 aliphatic carbocycles. The molecule has 1 rings (SSSR count). The monoisotopic (exact) mass is 251 g/mol. The fourth-order valence-corrected chi connectivity index (χ4v) is 1.29. The van der Waals surface area contributed by atoms with Crippen LogP contribution in [0.15, 0.2) is 24.4 Å². The van der Waals surface area contributed by atoms with E-state index < -0.39 is 5.97 Å². The molecule has 0 aromatic carbocycles. The highest BCUT2D eigenvalue weighted by molar-refractivity contribution is 5.91. The summed E-state index contributed by atoms with van der Waals surface area (Å²) in [6.45, 7) is 5.87. The third-order valence-electron chi connectivity index (χ3n) is 2.18. The second kappa shape index (κ2) is 6.00. The van der Waals surface area contributed by atoms with E-state index in [4.69, 9.17) is 4.74 Å². The van der Waals surface area contributed by atoms with Gasteiger partial charge in [-0.15, -0.1) is 0 Å². The summed E-state index contributed by atoms with van der Waals surface area (Å²) in [7, 11) is 3.30. The first-order chi connectivity index (χ1) is 8.45. The summed E-state index contributed by atoms with van der Waals surface area (Å²) in [6, 6.07) is 1.60. The van der Waals surface area contributed by atoms with Crippen molar-refractivity contribution in [1.82, 2.24) is 14.7 Å². The lowest BCUT2D eigenvalue weighted by molar-refractivity contribution is -0.138. The van der Waals surface area contributed by atoms with Crippen molar-refractivity contribution in [2.75, 3.05) is 20.7 Å². The normalized spacial score (nSPS) is 9.94. The lowest BCUT2D eigenvalue weighted by Gasteiger charge is -2.07. The third kappa shape index (κ3) is 3.44. The van der Waals surface area contributed by atoms with Crippen LogP contribution in [-0.2, 0) is 16.1 Å². The first-order valence-corrected chi connectivity index (χ1v) is 5.55. The Morgan fingerprint density at radius 1 is 1.50 bits per heavy atom. The van der Waals surface area contributed by atoms with Gasteiger partial charge < -0.3 is 9.64 Å². The van der Waals surface area contributed by atoms with Gasteiger partial charge in [0.25, 0.3) is 5.91 Å². The van der Waals surface area contributed by atoms with E-state index in [1.807, 2.05) is 0 Å². The molecule has 0 aliphatic rings. The van der Waals surface area contributed by atoms with Gasteiger partial charge in [0.15, 0.2) is 0 Å². The number of aromatic nitrogens is 2. The van der Waals surface area contributed by atoms with E-state index in [2.05, 4.69) is 11.7 Å². The van der Waals surface area contributed by atoms with Crippen LogP contribution in [0.1, 0.15) is 17.4 Å². The Morgan fingerprint density at radius 3 is 2.72 bits per heavy atom. The van der Waals surface area contributed by atoms with Gasteiger partial charge in [-0.3, -0.25) is 9.48 Å². The maximum Gasteiger partial charge on any atom is 0.335 e. The average molecular weight is 251 g/mol. The molecule has 6 nitrogen and oxygen atoms in total. The molecule has 0 unspecified atom stereocenters. The van der Waals surface area contributed by atoms with Gasteiger partial charge in [0.05, 0.1) is 18.7 Å². The molecule has 98 valence electrons. The molecule has 0 saturated carbocycles. The van der Waals surface area contributed by atoms with Crippen molar-refractivity contribution >= 4 is 11.9 Å². The molecule has 0 atom stereocenters. The Morgan fingerprint density at radius 2 is 2.17 bits per heavy atom. The molecule has 0 bridgehead atoms. The van der Waals surface area contributed by atoms with Crippen molar-refractivity contribution in [3.05, 3.63) is 30.1 Å². The highest BCUT2D eigenvalue weighted by Gasteiger charge is 2.13. The van der Waals surface area contributed by atoms with Crippen LogP contribution in [0.3, 0.4) is 0 Å². The molecular formula is C12H17N3O3. The predicted octanol–water partition coefficient (Wildman–Crippen LogP) is 0.704. The van der Waals surface area contributed by atoms with Crippen LogP contribution in [0.4, 0.5) is 0 Å². The first-order valence-electron chi connectivity index (χ1n) is 5.55. The summed E-state index contributed by atoms with van der Waals surface area (Å²) in [5, 5.41) is 4.07. The van der Waals surface area contributed by atoms with E-state index in [0.717, 1.165) is 0 Å². The summed E-state index contributed by atoms with van der Waals surface area (Å²) >= 11 is 0. The molecular weight excluding hydrogens is 234 g/mol. The molecule has 0 fully saturated rings. The summed E-state index contributed by atoms with van der Waals surface area (Å²) in [5.74, 6) is -0.635. The second-order valence-corrected chi connectivity index (χ2v) is 3.92. The quantitative estimate of drug-likeness (QED) is 0.571. The first kappa shape index (κ1) is 14.0. The number of rotatable bonds is 5. The highest BCUT2D eigenvalue weighted by atomic mass is 16.5. The fourth-order valence-electron chi connectivity index (χ4n) is 1.29. The van der Waals surface area contributed by atoms with Gasteiger partial charge in [0.1, 0.15) is 5.69 Å². The molecule has 1 aromatic heterocycles. The summed E-state index contributed by atoms with van der Waals surface area (Å²) in [5.41, 5.74) is 0.625. The standard InChI is InChI=1S/C12H17N3O3/c1-5-18-12(17)9(2)8-15-7-6-10(13-15)11(16)14(3)4/h6-7H,2,5,8H2,1,3-4H3. The molecule has 18 heavy (non-hydrogen) atoms. The number of carbonyl (C=O) groups is 2. The van der Waals surface area contributed by atoms with Gasteiger partial charge in [0, 0.05) is 20.3 Å². The van der Waals surface area contributed by atoms with Crippen LogP contribution in [0.2, 0.25) is 0 Å². The van der Waals surface area contributed by atoms with Crippen molar-refractivity contribution in [2.45, 2.75) is 13.5 Å². The zero-order chi connectivity index (χ0) is 13.7. The van der Waals surface area contributed by atoms with Crippen molar-refractivity contribution in [3.63, 3.8) is 0 Å². The third-order valence-corrected chi connectivity index (χ3v) is 2.18. The molecule has 0 spiro atoms. The Labute approximate surface area is 106 Å². The minimum atomic E-state index is -0.450. The average Bonchev–Trinajstić information content (AvgIpc) is 2.76. The van der Waals surface area contributed by atoms with E-state index in [9.17, 15) is 9.59 Å². The van der Waals surface area contributed by atoms with Crippen LogP contribution >= 0.6 is 0 Å². The van der Waals surface area contributed by atoms with Gasteiger partial charge in [-0.25, -0.2) is 4.79 Å². The SMILES string of the molecule is C=C(Cn1ccc(C(=O)N(C)C)n1)C(=O)OCC. The molecule has 6 heteroatoms. The molecule has 1 heterocycles. The van der Waals surface area contributed by atoms with E-state index in [-0.39, 0.29) is 12.5 Å². The molecule has 0 aliphatic heterocycles. The van der Waals surface area contributed by atoms with E-state index in [0.29, 0.717) is 17.9 Å². The number of esters is 1. The largest absolute Gasteiger partial charge is 0.463 e. The van der Waals surface area contributed by atoms with Gasteiger partial charge in [0.2, 0.25) is 0 Å². The van der Waals surface area contributed by atoms with Crippen molar-refractivity contribution < 1.29 is 14.3 Å². The number of ether oxygens (including phenoxy) is 1. The summed E-state index contributed by atoms with van der Waals surface area (Å²) in [6.07, 6.45) is 1.63. The lowest BCUT2D eigenvalue weighted by atomic mass is 10.3. The van der Waals surface area contributed by atoms with Crippen LogP contribution in [0, 0.1) is 0 Å². The van der Waals surface area contributed by atoms with Crippen LogP contribution in [-0.4, -0.2) is 47.3 Å². The lowest BCUT2D eigenvalue weighted by Crippen LogP contribution is -2.22. The number of amides is 1. The molecule has 0 radical (unpaired) electrons. The fraction of sp³-hybridized carbons (Fsp3) is 0.417. The topological polar surface area (TPSA) is 64.4 Å². The Balaban J connectivity index is 2.67. The van der Waals surface area contributed by atoms with Crippen molar-refractivity contribution in [2.24, 2.45) is 0 Å². The second-order valence-electron chi connectivity index (χ2n) is 3.92. The molecule has 1 aromatic rings. The summed E-state index contributed by atoms with van der Waals surface area (Å²) < 4.78 is 6.30. The number of nitrogens with zero attached hydrogens (tertiary/aromatic N) is 3. The zero-order valence-electron chi connectivity index (χ0n) is 10.8. The van der Waals surface area contributed by atoms with Gasteiger partial charge in [-0.1, -0.05) is 6.58 Å². The van der Waals surface area contributed by atoms with Crippen molar-refractivity contribution in [3.8, 4) is 0 Å². The van der Waals surface area contributed by atoms with E-state index in [1.54, 1.807) is 33.3 Å². The van der Waals surface area contributed by atoms with Gasteiger partial charge in [-0.05, 0) is 13.0 Å². The minimum Gasteiger partial charge on any atom is -0.463 e. The number of hydrogen-bond donors (Lipinski definition) is 0.